The summed E-state index contributed by atoms with van der Waals surface area (Å²) < 4.78 is 1.49. The number of aromatic nitrogens is 3. The first-order valence-electron chi connectivity index (χ1n) is 4.35. The van der Waals surface area contributed by atoms with Gasteiger partial charge in [0.1, 0.15) is 12.7 Å². The molecule has 0 saturated carbocycles. The molecule has 3 N–H and O–H groups in total. The number of rotatable bonds is 2. The maximum atomic E-state index is 8.69. The van der Waals surface area contributed by atoms with Crippen molar-refractivity contribution in [3.8, 4) is 5.69 Å². The standard InChI is InChI=1S/C9H8ClN5O/c10-6-2-1-3-7(8(6)9(11)14-16)15-5-12-4-13-15/h1-5,16H,(H2,11,14). The van der Waals surface area contributed by atoms with Crippen molar-refractivity contribution in [3.05, 3.63) is 41.4 Å². The van der Waals surface area contributed by atoms with E-state index >= 15 is 0 Å². The number of hydrogen-bond donors (Lipinski definition) is 2. The zero-order valence-corrected chi connectivity index (χ0v) is 8.83. The number of benzene rings is 1. The average molecular weight is 238 g/mol. The van der Waals surface area contributed by atoms with Crippen LogP contribution in [0.4, 0.5) is 0 Å². The summed E-state index contributed by atoms with van der Waals surface area (Å²) in [7, 11) is 0. The molecule has 0 atom stereocenters. The summed E-state index contributed by atoms with van der Waals surface area (Å²) >= 11 is 5.99. The first-order chi connectivity index (χ1) is 7.74. The fourth-order valence-electron chi connectivity index (χ4n) is 1.34. The molecule has 2 aromatic rings. The second-order valence-corrected chi connectivity index (χ2v) is 3.37. The van der Waals surface area contributed by atoms with E-state index in [1.807, 2.05) is 0 Å². The van der Waals surface area contributed by atoms with Crippen LogP contribution < -0.4 is 5.73 Å². The van der Waals surface area contributed by atoms with E-state index in [2.05, 4.69) is 15.2 Å². The van der Waals surface area contributed by atoms with Crippen LogP contribution >= 0.6 is 11.6 Å². The predicted octanol–water partition coefficient (Wildman–Crippen LogP) is 1.02. The average Bonchev–Trinajstić information content (AvgIpc) is 2.81. The predicted molar refractivity (Wildman–Crippen MR) is 58.9 cm³/mol. The third kappa shape index (κ3) is 1.70. The molecule has 1 aromatic heterocycles. The molecular weight excluding hydrogens is 230 g/mol. The van der Waals surface area contributed by atoms with Gasteiger partial charge in [-0.15, -0.1) is 0 Å². The van der Waals surface area contributed by atoms with Crippen LogP contribution in [0.5, 0.6) is 0 Å². The smallest absolute Gasteiger partial charge is 0.173 e. The Morgan fingerprint density at radius 3 is 2.94 bits per heavy atom. The van der Waals surface area contributed by atoms with E-state index in [1.54, 1.807) is 18.2 Å². The lowest BCUT2D eigenvalue weighted by Crippen LogP contribution is -2.17. The van der Waals surface area contributed by atoms with Crippen molar-refractivity contribution < 1.29 is 5.21 Å². The van der Waals surface area contributed by atoms with Gasteiger partial charge in [-0.3, -0.25) is 0 Å². The zero-order valence-electron chi connectivity index (χ0n) is 8.08. The van der Waals surface area contributed by atoms with Crippen LogP contribution in [0.3, 0.4) is 0 Å². The highest BCUT2D eigenvalue weighted by Gasteiger charge is 2.13. The molecule has 1 aromatic carbocycles. The molecule has 0 bridgehead atoms. The molecule has 7 heteroatoms. The topological polar surface area (TPSA) is 89.3 Å². The molecular formula is C9H8ClN5O. The van der Waals surface area contributed by atoms with E-state index < -0.39 is 0 Å². The summed E-state index contributed by atoms with van der Waals surface area (Å²) in [4.78, 5) is 3.82. The van der Waals surface area contributed by atoms with E-state index in [4.69, 9.17) is 22.5 Å². The van der Waals surface area contributed by atoms with Crippen molar-refractivity contribution >= 4 is 17.4 Å². The lowest BCUT2D eigenvalue weighted by atomic mass is 10.1. The van der Waals surface area contributed by atoms with E-state index in [0.29, 0.717) is 16.3 Å². The number of nitrogens with zero attached hydrogens (tertiary/aromatic N) is 4. The summed E-state index contributed by atoms with van der Waals surface area (Å²) in [5, 5.41) is 16.0. The quantitative estimate of drug-likeness (QED) is 0.353. The van der Waals surface area contributed by atoms with Crippen molar-refractivity contribution in [2.75, 3.05) is 0 Å². The Hall–Kier alpha value is -2.08. The maximum absolute atomic E-state index is 8.69. The van der Waals surface area contributed by atoms with Crippen LogP contribution in [-0.4, -0.2) is 25.8 Å². The van der Waals surface area contributed by atoms with Crippen LogP contribution in [0.2, 0.25) is 5.02 Å². The normalized spacial score (nSPS) is 11.7. The molecule has 0 spiro atoms. The lowest BCUT2D eigenvalue weighted by molar-refractivity contribution is 0.318. The largest absolute Gasteiger partial charge is 0.409 e. The molecule has 2 rings (SSSR count). The maximum Gasteiger partial charge on any atom is 0.173 e. The molecule has 0 aliphatic carbocycles. The highest BCUT2D eigenvalue weighted by molar-refractivity contribution is 6.34. The van der Waals surface area contributed by atoms with Gasteiger partial charge in [0.25, 0.3) is 0 Å². The summed E-state index contributed by atoms with van der Waals surface area (Å²) in [5.41, 5.74) is 6.57. The Kier molecular flexibility index (Phi) is 2.74. The molecule has 0 unspecified atom stereocenters. The summed E-state index contributed by atoms with van der Waals surface area (Å²) in [6.07, 6.45) is 2.89. The molecule has 82 valence electrons. The van der Waals surface area contributed by atoms with Crippen molar-refractivity contribution in [2.45, 2.75) is 0 Å². The first-order valence-corrected chi connectivity index (χ1v) is 4.73. The Morgan fingerprint density at radius 1 is 1.50 bits per heavy atom. The second kappa shape index (κ2) is 4.19. The molecule has 0 radical (unpaired) electrons. The van der Waals surface area contributed by atoms with E-state index in [-0.39, 0.29) is 5.84 Å². The highest BCUT2D eigenvalue weighted by Crippen LogP contribution is 2.22. The van der Waals surface area contributed by atoms with E-state index in [1.165, 1.54) is 17.3 Å². The van der Waals surface area contributed by atoms with Crippen LogP contribution in [0.15, 0.2) is 36.0 Å². The van der Waals surface area contributed by atoms with Crippen LogP contribution in [0, 0.1) is 0 Å². The Morgan fingerprint density at radius 2 is 2.31 bits per heavy atom. The van der Waals surface area contributed by atoms with Gasteiger partial charge in [-0.05, 0) is 12.1 Å². The molecule has 0 aliphatic heterocycles. The van der Waals surface area contributed by atoms with Gasteiger partial charge in [0.15, 0.2) is 5.84 Å². The number of halogens is 1. The number of amidine groups is 1. The SMILES string of the molecule is NC(=NO)c1c(Cl)cccc1-n1cncn1. The van der Waals surface area contributed by atoms with E-state index in [0.717, 1.165) is 0 Å². The first kappa shape index (κ1) is 10.4. The Balaban J connectivity index is 2.67. The summed E-state index contributed by atoms with van der Waals surface area (Å²) in [5.74, 6) is -0.0731. The van der Waals surface area contributed by atoms with Crippen molar-refractivity contribution in [1.82, 2.24) is 14.8 Å². The van der Waals surface area contributed by atoms with Gasteiger partial charge < -0.3 is 10.9 Å². The highest BCUT2D eigenvalue weighted by atomic mass is 35.5. The number of nitrogens with two attached hydrogens (primary N) is 1. The Bertz CT molecular complexity index is 523. The third-order valence-electron chi connectivity index (χ3n) is 2.02. The molecule has 0 aliphatic rings. The molecule has 0 saturated heterocycles. The minimum atomic E-state index is -0.0731. The van der Waals surface area contributed by atoms with Crippen LogP contribution in [0.1, 0.15) is 5.56 Å². The van der Waals surface area contributed by atoms with Gasteiger partial charge in [0.05, 0.1) is 16.3 Å². The third-order valence-corrected chi connectivity index (χ3v) is 2.34. The monoisotopic (exact) mass is 237 g/mol. The fraction of sp³-hybridized carbons (Fsp3) is 0. The number of oxime groups is 1. The fourth-order valence-corrected chi connectivity index (χ4v) is 1.61. The van der Waals surface area contributed by atoms with Gasteiger partial charge in [0.2, 0.25) is 0 Å². The van der Waals surface area contributed by atoms with Crippen molar-refractivity contribution in [1.29, 1.82) is 0 Å². The molecule has 1 heterocycles. The molecule has 6 nitrogen and oxygen atoms in total. The summed E-state index contributed by atoms with van der Waals surface area (Å²) in [6, 6.07) is 5.14. The summed E-state index contributed by atoms with van der Waals surface area (Å²) in [6.45, 7) is 0. The van der Waals surface area contributed by atoms with Crippen LogP contribution in [-0.2, 0) is 0 Å². The minimum absolute atomic E-state index is 0.0731. The van der Waals surface area contributed by atoms with Crippen molar-refractivity contribution in [2.24, 2.45) is 10.9 Å². The van der Waals surface area contributed by atoms with Gasteiger partial charge in [-0.2, -0.15) is 5.10 Å². The van der Waals surface area contributed by atoms with E-state index in [9.17, 15) is 0 Å². The van der Waals surface area contributed by atoms with Gasteiger partial charge in [0, 0.05) is 0 Å². The molecule has 16 heavy (non-hydrogen) atoms. The molecule has 0 fully saturated rings. The number of hydrogen-bond acceptors (Lipinski definition) is 4. The second-order valence-electron chi connectivity index (χ2n) is 2.96. The van der Waals surface area contributed by atoms with Crippen LogP contribution in [0.25, 0.3) is 5.69 Å². The van der Waals surface area contributed by atoms with Gasteiger partial charge >= 0.3 is 0 Å². The van der Waals surface area contributed by atoms with Gasteiger partial charge in [-0.1, -0.05) is 22.8 Å². The molecule has 0 amide bonds. The minimum Gasteiger partial charge on any atom is -0.409 e. The van der Waals surface area contributed by atoms with Crippen molar-refractivity contribution in [3.63, 3.8) is 0 Å². The lowest BCUT2D eigenvalue weighted by Gasteiger charge is -2.09. The van der Waals surface area contributed by atoms with Gasteiger partial charge in [-0.25, -0.2) is 9.67 Å². The zero-order chi connectivity index (χ0) is 11.5. The Labute approximate surface area is 96.0 Å².